The van der Waals surface area contributed by atoms with Crippen molar-refractivity contribution in [2.24, 2.45) is 17.3 Å². The van der Waals surface area contributed by atoms with Gasteiger partial charge in [-0.05, 0) is 101 Å². The van der Waals surface area contributed by atoms with Crippen LogP contribution in [-0.2, 0) is 0 Å². The number of rotatable bonds is 3. The first-order valence-corrected chi connectivity index (χ1v) is 9.64. The lowest BCUT2D eigenvalue weighted by atomic mass is 9.65. The van der Waals surface area contributed by atoms with Gasteiger partial charge in [0.1, 0.15) is 0 Å². The molecule has 2 heteroatoms. The maximum atomic E-state index is 2.77. The average Bonchev–Trinajstić information content (AvgIpc) is 2.53. The molecule has 0 aromatic heterocycles. The fourth-order valence-corrected chi connectivity index (χ4v) is 4.93. The summed E-state index contributed by atoms with van der Waals surface area (Å²) in [6.07, 6.45) is 11.9. The number of likely N-dealkylation sites (tertiary alicyclic amines) is 2. The van der Waals surface area contributed by atoms with Gasteiger partial charge in [-0.3, -0.25) is 0 Å². The summed E-state index contributed by atoms with van der Waals surface area (Å²) in [5.41, 5.74) is 0.749. The Morgan fingerprint density at radius 2 is 1.43 bits per heavy atom. The van der Waals surface area contributed by atoms with Gasteiger partial charge < -0.3 is 9.80 Å². The molecule has 1 spiro atoms. The molecule has 21 heavy (non-hydrogen) atoms. The molecule has 0 bridgehead atoms. The Labute approximate surface area is 132 Å². The zero-order chi connectivity index (χ0) is 14.7. The summed E-state index contributed by atoms with van der Waals surface area (Å²) in [4.78, 5) is 5.41. The SMILES string of the molecule is CCN1CCC2(CCC(CN3CCC(C)CC3)CC2)CC1. The van der Waals surface area contributed by atoms with E-state index >= 15 is 0 Å². The monoisotopic (exact) mass is 292 g/mol. The fourth-order valence-electron chi connectivity index (χ4n) is 4.93. The number of hydrogen-bond donors (Lipinski definition) is 0. The van der Waals surface area contributed by atoms with Crippen LogP contribution in [0.5, 0.6) is 0 Å². The Morgan fingerprint density at radius 3 is 2.00 bits per heavy atom. The smallest absolute Gasteiger partial charge is 0.000967 e. The van der Waals surface area contributed by atoms with E-state index in [4.69, 9.17) is 0 Å². The maximum Gasteiger partial charge on any atom is 0.000967 e. The molecule has 0 aromatic carbocycles. The van der Waals surface area contributed by atoms with E-state index in [-0.39, 0.29) is 0 Å². The Hall–Kier alpha value is -0.0800. The topological polar surface area (TPSA) is 6.48 Å². The van der Waals surface area contributed by atoms with Gasteiger partial charge in [0.2, 0.25) is 0 Å². The molecule has 1 aliphatic carbocycles. The van der Waals surface area contributed by atoms with Crippen LogP contribution in [0.4, 0.5) is 0 Å². The molecule has 0 aromatic rings. The predicted octanol–water partition coefficient (Wildman–Crippen LogP) is 4.01. The van der Waals surface area contributed by atoms with E-state index in [1.165, 1.54) is 90.6 Å². The van der Waals surface area contributed by atoms with Crippen LogP contribution in [0.1, 0.15) is 65.2 Å². The van der Waals surface area contributed by atoms with Crippen molar-refractivity contribution < 1.29 is 0 Å². The van der Waals surface area contributed by atoms with E-state index in [9.17, 15) is 0 Å². The highest BCUT2D eigenvalue weighted by Gasteiger charge is 2.38. The van der Waals surface area contributed by atoms with Crippen LogP contribution in [0.3, 0.4) is 0 Å². The van der Waals surface area contributed by atoms with Crippen LogP contribution < -0.4 is 0 Å². The van der Waals surface area contributed by atoms with Gasteiger partial charge in [-0.25, -0.2) is 0 Å². The lowest BCUT2D eigenvalue weighted by Crippen LogP contribution is -2.43. The number of nitrogens with zero attached hydrogens (tertiary/aromatic N) is 2. The Kier molecular flexibility index (Phi) is 5.27. The maximum absolute atomic E-state index is 2.77. The van der Waals surface area contributed by atoms with Crippen LogP contribution in [0, 0.1) is 17.3 Å². The number of piperidine rings is 2. The summed E-state index contributed by atoms with van der Waals surface area (Å²) in [5, 5.41) is 0. The van der Waals surface area contributed by atoms with E-state index in [1.807, 2.05) is 0 Å². The molecule has 2 heterocycles. The van der Waals surface area contributed by atoms with Crippen molar-refractivity contribution in [3.63, 3.8) is 0 Å². The minimum Gasteiger partial charge on any atom is -0.304 e. The molecular weight excluding hydrogens is 256 g/mol. The zero-order valence-corrected chi connectivity index (χ0v) is 14.4. The highest BCUT2D eigenvalue weighted by molar-refractivity contribution is 4.90. The van der Waals surface area contributed by atoms with E-state index in [0.717, 1.165) is 17.3 Å². The third-order valence-corrected chi connectivity index (χ3v) is 6.92. The van der Waals surface area contributed by atoms with Gasteiger partial charge in [-0.1, -0.05) is 13.8 Å². The molecule has 3 aliphatic rings. The standard InChI is InChI=1S/C19H36N2/c1-3-20-14-10-19(11-15-20)8-4-18(5-9-19)16-21-12-6-17(2)7-13-21/h17-18H,3-16H2,1-2H3. The molecule has 2 saturated heterocycles. The molecule has 0 N–H and O–H groups in total. The average molecular weight is 293 g/mol. The van der Waals surface area contributed by atoms with E-state index in [2.05, 4.69) is 23.6 Å². The van der Waals surface area contributed by atoms with Gasteiger partial charge in [0.15, 0.2) is 0 Å². The van der Waals surface area contributed by atoms with E-state index in [0.29, 0.717) is 0 Å². The third kappa shape index (κ3) is 4.01. The first-order valence-electron chi connectivity index (χ1n) is 9.64. The van der Waals surface area contributed by atoms with Crippen molar-refractivity contribution in [2.45, 2.75) is 65.2 Å². The molecule has 2 aliphatic heterocycles. The van der Waals surface area contributed by atoms with Crippen LogP contribution in [0.2, 0.25) is 0 Å². The summed E-state index contributed by atoms with van der Waals surface area (Å²) in [6.45, 7) is 12.9. The van der Waals surface area contributed by atoms with Crippen molar-refractivity contribution in [3.8, 4) is 0 Å². The molecule has 3 rings (SSSR count). The quantitative estimate of drug-likeness (QED) is 0.775. The Balaban J connectivity index is 1.41. The Bertz CT molecular complexity index is 302. The summed E-state index contributed by atoms with van der Waals surface area (Å²) < 4.78 is 0. The number of hydrogen-bond acceptors (Lipinski definition) is 2. The molecule has 2 nitrogen and oxygen atoms in total. The Morgan fingerprint density at radius 1 is 0.810 bits per heavy atom. The van der Waals surface area contributed by atoms with E-state index < -0.39 is 0 Å². The molecule has 0 amide bonds. The molecule has 0 radical (unpaired) electrons. The van der Waals surface area contributed by atoms with Crippen LogP contribution in [-0.4, -0.2) is 49.1 Å². The van der Waals surface area contributed by atoms with Crippen molar-refractivity contribution in [3.05, 3.63) is 0 Å². The lowest BCUT2D eigenvalue weighted by Gasteiger charge is -2.46. The minimum atomic E-state index is 0.749. The van der Waals surface area contributed by atoms with Gasteiger partial charge in [0, 0.05) is 6.54 Å². The third-order valence-electron chi connectivity index (χ3n) is 6.92. The lowest BCUT2D eigenvalue weighted by molar-refractivity contribution is 0.0432. The zero-order valence-electron chi connectivity index (χ0n) is 14.4. The van der Waals surface area contributed by atoms with Crippen LogP contribution in [0.25, 0.3) is 0 Å². The molecular formula is C19H36N2. The van der Waals surface area contributed by atoms with Gasteiger partial charge in [-0.2, -0.15) is 0 Å². The van der Waals surface area contributed by atoms with Gasteiger partial charge in [0.05, 0.1) is 0 Å². The summed E-state index contributed by atoms with van der Waals surface area (Å²) in [6, 6.07) is 0. The largest absolute Gasteiger partial charge is 0.304 e. The summed E-state index contributed by atoms with van der Waals surface area (Å²) in [5.74, 6) is 1.98. The van der Waals surface area contributed by atoms with Crippen molar-refractivity contribution >= 4 is 0 Å². The van der Waals surface area contributed by atoms with Crippen LogP contribution in [0.15, 0.2) is 0 Å². The highest BCUT2D eigenvalue weighted by atomic mass is 15.1. The highest BCUT2D eigenvalue weighted by Crippen LogP contribution is 2.46. The van der Waals surface area contributed by atoms with Crippen LogP contribution >= 0.6 is 0 Å². The van der Waals surface area contributed by atoms with Crippen molar-refractivity contribution in [1.29, 1.82) is 0 Å². The van der Waals surface area contributed by atoms with Crippen molar-refractivity contribution in [1.82, 2.24) is 9.80 Å². The van der Waals surface area contributed by atoms with Gasteiger partial charge in [-0.15, -0.1) is 0 Å². The summed E-state index contributed by atoms with van der Waals surface area (Å²) >= 11 is 0. The van der Waals surface area contributed by atoms with E-state index in [1.54, 1.807) is 0 Å². The minimum absolute atomic E-state index is 0.749. The molecule has 1 saturated carbocycles. The molecule has 0 atom stereocenters. The van der Waals surface area contributed by atoms with Crippen molar-refractivity contribution in [2.75, 3.05) is 39.3 Å². The second-order valence-corrected chi connectivity index (χ2v) is 8.36. The second-order valence-electron chi connectivity index (χ2n) is 8.36. The first-order chi connectivity index (χ1) is 10.2. The summed E-state index contributed by atoms with van der Waals surface area (Å²) in [7, 11) is 0. The second kappa shape index (κ2) is 7.00. The molecule has 122 valence electrons. The first kappa shape index (κ1) is 15.8. The normalized spacial score (nSPS) is 30.0. The van der Waals surface area contributed by atoms with Gasteiger partial charge >= 0.3 is 0 Å². The van der Waals surface area contributed by atoms with Gasteiger partial charge in [0.25, 0.3) is 0 Å². The predicted molar refractivity (Wildman–Crippen MR) is 90.6 cm³/mol. The fraction of sp³-hybridized carbons (Fsp3) is 1.00. The molecule has 0 unspecified atom stereocenters. The molecule has 3 fully saturated rings.